The fourth-order valence-corrected chi connectivity index (χ4v) is 2.60. The summed E-state index contributed by atoms with van der Waals surface area (Å²) < 4.78 is 7.24. The highest BCUT2D eigenvalue weighted by Gasteiger charge is 2.05. The van der Waals surface area contributed by atoms with Crippen LogP contribution in [0.25, 0.3) is 5.69 Å². The topological polar surface area (TPSA) is 63.5 Å². The molecule has 0 radical (unpaired) electrons. The molecular weight excluding hydrogens is 326 g/mol. The van der Waals surface area contributed by atoms with Crippen molar-refractivity contribution in [1.29, 1.82) is 0 Å². The Morgan fingerprint density at radius 2 is 1.73 bits per heavy atom. The molecule has 0 unspecified atom stereocenters. The fraction of sp³-hybridized carbons (Fsp3) is 0.200. The monoisotopic (exact) mass is 349 g/mol. The van der Waals surface area contributed by atoms with Gasteiger partial charge in [-0.15, -0.1) is 0 Å². The molecule has 0 saturated heterocycles. The largest absolute Gasteiger partial charge is 0.496 e. The molecule has 0 bridgehead atoms. The van der Waals surface area contributed by atoms with Crippen molar-refractivity contribution in [2.45, 2.75) is 13.1 Å². The van der Waals surface area contributed by atoms with Gasteiger partial charge in [-0.25, -0.2) is 4.68 Å². The van der Waals surface area contributed by atoms with E-state index in [1.807, 2.05) is 71.5 Å². The molecule has 26 heavy (non-hydrogen) atoms. The van der Waals surface area contributed by atoms with Gasteiger partial charge in [-0.3, -0.25) is 4.99 Å². The number of hydrogen-bond donors (Lipinski definition) is 2. The number of para-hydroxylation sites is 2. The lowest BCUT2D eigenvalue weighted by atomic mass is 10.2. The van der Waals surface area contributed by atoms with Crippen LogP contribution in [0.15, 0.2) is 71.9 Å². The normalized spacial score (nSPS) is 11.2. The molecule has 1 aromatic heterocycles. The molecule has 0 aliphatic heterocycles. The smallest absolute Gasteiger partial charge is 0.191 e. The molecular formula is C20H23N5O. The summed E-state index contributed by atoms with van der Waals surface area (Å²) >= 11 is 0. The Kier molecular flexibility index (Phi) is 5.88. The summed E-state index contributed by atoms with van der Waals surface area (Å²) in [6.07, 6.45) is 1.96. The van der Waals surface area contributed by atoms with Gasteiger partial charge in [0.1, 0.15) is 5.75 Å². The van der Waals surface area contributed by atoms with Crippen molar-refractivity contribution < 1.29 is 4.74 Å². The average molecular weight is 349 g/mol. The van der Waals surface area contributed by atoms with Crippen molar-refractivity contribution in [3.8, 4) is 11.4 Å². The molecule has 6 nitrogen and oxygen atoms in total. The van der Waals surface area contributed by atoms with Gasteiger partial charge in [0.05, 0.1) is 25.0 Å². The van der Waals surface area contributed by atoms with Gasteiger partial charge in [0, 0.05) is 25.4 Å². The lowest BCUT2D eigenvalue weighted by Crippen LogP contribution is -2.36. The number of benzene rings is 2. The third-order valence-electron chi connectivity index (χ3n) is 3.96. The number of nitrogens with zero attached hydrogens (tertiary/aromatic N) is 3. The third-order valence-corrected chi connectivity index (χ3v) is 3.96. The first-order chi connectivity index (χ1) is 12.8. The number of guanidine groups is 1. The van der Waals surface area contributed by atoms with Crippen molar-refractivity contribution in [2.24, 2.45) is 4.99 Å². The molecule has 0 amide bonds. The minimum absolute atomic E-state index is 0.589. The number of nitrogens with one attached hydrogen (secondary N) is 2. The van der Waals surface area contributed by atoms with Gasteiger partial charge >= 0.3 is 0 Å². The van der Waals surface area contributed by atoms with Crippen LogP contribution >= 0.6 is 0 Å². The highest BCUT2D eigenvalue weighted by molar-refractivity contribution is 5.79. The highest BCUT2D eigenvalue weighted by atomic mass is 16.5. The van der Waals surface area contributed by atoms with Crippen molar-refractivity contribution in [3.05, 3.63) is 78.1 Å². The summed E-state index contributed by atoms with van der Waals surface area (Å²) in [6.45, 7) is 1.22. The van der Waals surface area contributed by atoms with Crippen LogP contribution < -0.4 is 15.4 Å². The van der Waals surface area contributed by atoms with Crippen molar-refractivity contribution in [2.75, 3.05) is 14.2 Å². The van der Waals surface area contributed by atoms with Crippen LogP contribution in [0, 0.1) is 0 Å². The molecule has 3 rings (SSSR count). The van der Waals surface area contributed by atoms with E-state index < -0.39 is 0 Å². The number of methoxy groups -OCH3 is 1. The zero-order valence-corrected chi connectivity index (χ0v) is 15.0. The quantitative estimate of drug-likeness (QED) is 0.531. The van der Waals surface area contributed by atoms with Crippen LogP contribution in [-0.4, -0.2) is 29.9 Å². The van der Waals surface area contributed by atoms with E-state index in [4.69, 9.17) is 4.74 Å². The number of ether oxygens (including phenoxy) is 1. The summed E-state index contributed by atoms with van der Waals surface area (Å²) in [6, 6.07) is 20.0. The van der Waals surface area contributed by atoms with E-state index in [-0.39, 0.29) is 0 Å². The van der Waals surface area contributed by atoms with Gasteiger partial charge in [0.25, 0.3) is 0 Å². The predicted molar refractivity (Wildman–Crippen MR) is 104 cm³/mol. The molecule has 0 aliphatic carbocycles. The lowest BCUT2D eigenvalue weighted by Gasteiger charge is -2.13. The van der Waals surface area contributed by atoms with Crippen molar-refractivity contribution in [1.82, 2.24) is 20.4 Å². The maximum Gasteiger partial charge on any atom is 0.191 e. The van der Waals surface area contributed by atoms with Crippen LogP contribution in [0.1, 0.15) is 11.3 Å². The summed E-state index contributed by atoms with van der Waals surface area (Å²) in [5.41, 5.74) is 3.05. The number of aliphatic imine (C=N–C) groups is 1. The van der Waals surface area contributed by atoms with Crippen LogP contribution in [0.2, 0.25) is 0 Å². The van der Waals surface area contributed by atoms with E-state index in [0.717, 1.165) is 22.7 Å². The van der Waals surface area contributed by atoms with E-state index in [9.17, 15) is 0 Å². The summed E-state index contributed by atoms with van der Waals surface area (Å²) in [5, 5.41) is 11.2. The first-order valence-corrected chi connectivity index (χ1v) is 8.46. The Bertz CT molecular complexity index is 857. The van der Waals surface area contributed by atoms with Crippen LogP contribution in [0.5, 0.6) is 5.75 Å². The molecule has 0 aliphatic rings. The Balaban J connectivity index is 1.55. The Hall–Kier alpha value is -3.28. The summed E-state index contributed by atoms with van der Waals surface area (Å²) in [4.78, 5) is 4.26. The molecule has 2 aromatic carbocycles. The van der Waals surface area contributed by atoms with Gasteiger partial charge in [-0.05, 0) is 24.3 Å². The number of aromatic nitrogens is 2. The molecule has 2 N–H and O–H groups in total. The van der Waals surface area contributed by atoms with Gasteiger partial charge in [-0.1, -0.05) is 36.4 Å². The molecule has 0 atom stereocenters. The molecule has 134 valence electrons. The molecule has 0 saturated carbocycles. The van der Waals surface area contributed by atoms with E-state index in [0.29, 0.717) is 19.0 Å². The highest BCUT2D eigenvalue weighted by Crippen LogP contribution is 2.16. The van der Waals surface area contributed by atoms with Crippen molar-refractivity contribution >= 4 is 5.96 Å². The molecule has 1 heterocycles. The average Bonchev–Trinajstić information content (AvgIpc) is 3.18. The lowest BCUT2D eigenvalue weighted by molar-refractivity contribution is 0.409. The van der Waals surface area contributed by atoms with Crippen LogP contribution in [0.4, 0.5) is 0 Å². The number of hydrogen-bond acceptors (Lipinski definition) is 3. The second-order valence-electron chi connectivity index (χ2n) is 5.68. The SMILES string of the molecule is CN=C(NCc1ccn(-c2ccccc2)n1)NCc1ccccc1OC. The maximum absolute atomic E-state index is 5.37. The zero-order valence-electron chi connectivity index (χ0n) is 15.0. The first-order valence-electron chi connectivity index (χ1n) is 8.46. The van der Waals surface area contributed by atoms with Gasteiger partial charge in [0.2, 0.25) is 0 Å². The van der Waals surface area contributed by atoms with E-state index in [2.05, 4.69) is 20.7 Å². The van der Waals surface area contributed by atoms with E-state index >= 15 is 0 Å². The first kappa shape index (κ1) is 17.5. The Morgan fingerprint density at radius 1 is 1.00 bits per heavy atom. The predicted octanol–water partition coefficient (Wildman–Crippen LogP) is 2.75. The van der Waals surface area contributed by atoms with Crippen LogP contribution in [0.3, 0.4) is 0 Å². The van der Waals surface area contributed by atoms with E-state index in [1.165, 1.54) is 0 Å². The number of rotatable bonds is 6. The fourth-order valence-electron chi connectivity index (χ4n) is 2.60. The Morgan fingerprint density at radius 3 is 2.50 bits per heavy atom. The molecule has 0 fully saturated rings. The maximum atomic E-state index is 5.37. The zero-order chi connectivity index (χ0) is 18.2. The molecule has 6 heteroatoms. The van der Waals surface area contributed by atoms with Gasteiger partial charge < -0.3 is 15.4 Å². The summed E-state index contributed by atoms with van der Waals surface area (Å²) in [7, 11) is 3.43. The Labute approximate surface area is 153 Å². The third kappa shape index (κ3) is 4.42. The van der Waals surface area contributed by atoms with Crippen LogP contribution in [-0.2, 0) is 13.1 Å². The standard InChI is InChI=1S/C20H23N5O/c1-21-20(22-14-16-8-6-7-11-19(16)26-2)23-15-17-12-13-25(24-17)18-9-4-3-5-10-18/h3-13H,14-15H2,1-2H3,(H2,21,22,23). The minimum atomic E-state index is 0.589. The van der Waals surface area contributed by atoms with Gasteiger partial charge in [-0.2, -0.15) is 5.10 Å². The minimum Gasteiger partial charge on any atom is -0.496 e. The van der Waals surface area contributed by atoms with E-state index in [1.54, 1.807) is 14.2 Å². The van der Waals surface area contributed by atoms with Crippen molar-refractivity contribution in [3.63, 3.8) is 0 Å². The molecule has 0 spiro atoms. The summed E-state index contributed by atoms with van der Waals surface area (Å²) in [5.74, 6) is 1.57. The van der Waals surface area contributed by atoms with Gasteiger partial charge in [0.15, 0.2) is 5.96 Å². The molecule has 3 aromatic rings. The second-order valence-corrected chi connectivity index (χ2v) is 5.68. The second kappa shape index (κ2) is 8.71.